The molecule has 1 unspecified atom stereocenters. The van der Waals surface area contributed by atoms with Crippen LogP contribution in [0.2, 0.25) is 0 Å². The molecule has 2 aromatic carbocycles. The summed E-state index contributed by atoms with van der Waals surface area (Å²) in [5.74, 6) is -0.221. The summed E-state index contributed by atoms with van der Waals surface area (Å²) in [5, 5.41) is 7.63. The van der Waals surface area contributed by atoms with Crippen LogP contribution >= 0.6 is 0 Å². The van der Waals surface area contributed by atoms with Gasteiger partial charge in [0.1, 0.15) is 5.82 Å². The maximum Gasteiger partial charge on any atom is 0.123 e. The number of rotatable bonds is 1. The highest BCUT2D eigenvalue weighted by Crippen LogP contribution is 2.44. The summed E-state index contributed by atoms with van der Waals surface area (Å²) in [7, 11) is 0. The molecule has 2 aromatic rings. The minimum Gasteiger partial charge on any atom is -0.374 e. The summed E-state index contributed by atoms with van der Waals surface area (Å²) in [4.78, 5) is 0. The molecule has 20 heavy (non-hydrogen) atoms. The number of benzene rings is 2. The van der Waals surface area contributed by atoms with E-state index in [0.29, 0.717) is 0 Å². The Hall–Kier alpha value is -2.62. The van der Waals surface area contributed by atoms with E-state index < -0.39 is 0 Å². The normalized spacial score (nSPS) is 18.6. The molecule has 0 aromatic heterocycles. The molecule has 4 rings (SSSR count). The first kappa shape index (κ1) is 11.2. The molecular formula is C16H12FN3. The van der Waals surface area contributed by atoms with Crippen molar-refractivity contribution in [3.8, 4) is 0 Å². The summed E-state index contributed by atoms with van der Waals surface area (Å²) < 4.78 is 13.1. The van der Waals surface area contributed by atoms with Crippen molar-refractivity contribution < 1.29 is 4.39 Å². The molecule has 0 aliphatic carbocycles. The summed E-state index contributed by atoms with van der Waals surface area (Å²) >= 11 is 0. The second kappa shape index (κ2) is 4.20. The Labute approximate surface area is 115 Å². The van der Waals surface area contributed by atoms with E-state index >= 15 is 0 Å². The van der Waals surface area contributed by atoms with Gasteiger partial charge in [0.15, 0.2) is 0 Å². The van der Waals surface area contributed by atoms with E-state index in [4.69, 9.17) is 0 Å². The Morgan fingerprint density at radius 1 is 1.05 bits per heavy atom. The van der Waals surface area contributed by atoms with Gasteiger partial charge in [0.2, 0.25) is 0 Å². The van der Waals surface area contributed by atoms with Crippen molar-refractivity contribution in [1.29, 1.82) is 0 Å². The molecule has 2 aliphatic rings. The van der Waals surface area contributed by atoms with Crippen molar-refractivity contribution >= 4 is 17.5 Å². The molecule has 0 radical (unpaired) electrons. The van der Waals surface area contributed by atoms with Crippen LogP contribution in [0.1, 0.15) is 22.7 Å². The maximum absolute atomic E-state index is 13.1. The number of hydrazone groups is 1. The van der Waals surface area contributed by atoms with E-state index in [9.17, 15) is 4.39 Å². The van der Waals surface area contributed by atoms with Crippen LogP contribution in [0.4, 0.5) is 10.1 Å². The number of anilines is 1. The largest absolute Gasteiger partial charge is 0.374 e. The van der Waals surface area contributed by atoms with Crippen molar-refractivity contribution in [2.45, 2.75) is 6.04 Å². The zero-order valence-corrected chi connectivity index (χ0v) is 10.6. The van der Waals surface area contributed by atoms with E-state index in [1.165, 1.54) is 12.1 Å². The van der Waals surface area contributed by atoms with Gasteiger partial charge in [0.05, 0.1) is 12.3 Å². The highest BCUT2D eigenvalue weighted by molar-refractivity contribution is 5.98. The van der Waals surface area contributed by atoms with E-state index in [2.05, 4.69) is 21.9 Å². The topological polar surface area (TPSA) is 36.4 Å². The predicted octanol–water partition coefficient (Wildman–Crippen LogP) is 3.27. The third-order valence-corrected chi connectivity index (χ3v) is 3.70. The quantitative estimate of drug-likeness (QED) is 0.830. The maximum atomic E-state index is 13.1. The Kier molecular flexibility index (Phi) is 2.36. The number of nitrogens with one attached hydrogen (secondary N) is 2. The lowest BCUT2D eigenvalue weighted by molar-refractivity contribution is 0.627. The summed E-state index contributed by atoms with van der Waals surface area (Å²) in [5.41, 5.74) is 8.41. The lowest BCUT2D eigenvalue weighted by Gasteiger charge is -2.14. The molecule has 0 fully saturated rings. The Bertz CT molecular complexity index is 732. The minimum absolute atomic E-state index is 0.0148. The molecular weight excluding hydrogens is 253 g/mol. The average molecular weight is 265 g/mol. The lowest BCUT2D eigenvalue weighted by atomic mass is 9.95. The fraction of sp³-hybridized carbons (Fsp3) is 0.0625. The first-order valence-corrected chi connectivity index (χ1v) is 6.47. The van der Waals surface area contributed by atoms with Crippen LogP contribution in [0, 0.1) is 5.82 Å². The minimum atomic E-state index is -0.221. The van der Waals surface area contributed by atoms with Crippen molar-refractivity contribution in [2.75, 3.05) is 5.32 Å². The van der Waals surface area contributed by atoms with Crippen LogP contribution < -0.4 is 10.7 Å². The molecule has 1 atom stereocenters. The smallest absolute Gasteiger partial charge is 0.123 e. The van der Waals surface area contributed by atoms with Crippen molar-refractivity contribution in [1.82, 2.24) is 5.43 Å². The van der Waals surface area contributed by atoms with Crippen LogP contribution in [0.5, 0.6) is 0 Å². The number of hydrogen-bond donors (Lipinski definition) is 2. The van der Waals surface area contributed by atoms with E-state index in [1.807, 2.05) is 36.7 Å². The van der Waals surface area contributed by atoms with Gasteiger partial charge in [-0.05, 0) is 23.8 Å². The summed E-state index contributed by atoms with van der Waals surface area (Å²) in [6, 6.07) is 12.7. The molecule has 0 spiro atoms. The SMILES string of the molecule is Fc1ccc(C2Nc3cccc4c3C2=CNN=C4)cc1. The van der Waals surface area contributed by atoms with Crippen LogP contribution in [-0.2, 0) is 0 Å². The number of nitrogens with zero attached hydrogens (tertiary/aromatic N) is 1. The zero-order valence-electron chi connectivity index (χ0n) is 10.6. The van der Waals surface area contributed by atoms with Gasteiger partial charge in [-0.25, -0.2) is 4.39 Å². The number of halogens is 1. The van der Waals surface area contributed by atoms with E-state index in [1.54, 1.807) is 0 Å². The first-order valence-electron chi connectivity index (χ1n) is 6.47. The van der Waals surface area contributed by atoms with Crippen molar-refractivity contribution in [2.24, 2.45) is 5.10 Å². The molecule has 2 aliphatic heterocycles. The monoisotopic (exact) mass is 265 g/mol. The van der Waals surface area contributed by atoms with Gasteiger partial charge in [-0.15, -0.1) is 0 Å². The first-order chi connectivity index (χ1) is 9.83. The predicted molar refractivity (Wildman–Crippen MR) is 77.9 cm³/mol. The molecule has 98 valence electrons. The van der Waals surface area contributed by atoms with Gasteiger partial charge in [0, 0.05) is 28.6 Å². The molecule has 2 N–H and O–H groups in total. The average Bonchev–Trinajstić information content (AvgIpc) is 2.69. The van der Waals surface area contributed by atoms with Crippen LogP contribution in [0.25, 0.3) is 5.57 Å². The van der Waals surface area contributed by atoms with E-state index in [0.717, 1.165) is 28.0 Å². The number of hydrogen-bond acceptors (Lipinski definition) is 3. The second-order valence-corrected chi connectivity index (χ2v) is 4.89. The van der Waals surface area contributed by atoms with Gasteiger partial charge in [-0.3, -0.25) is 5.43 Å². The lowest BCUT2D eigenvalue weighted by Crippen LogP contribution is -2.06. The van der Waals surface area contributed by atoms with Gasteiger partial charge >= 0.3 is 0 Å². The highest BCUT2D eigenvalue weighted by Gasteiger charge is 2.30. The third-order valence-electron chi connectivity index (χ3n) is 3.70. The molecule has 0 saturated carbocycles. The zero-order chi connectivity index (χ0) is 13.5. The third kappa shape index (κ3) is 1.61. The van der Waals surface area contributed by atoms with Crippen LogP contribution in [0.3, 0.4) is 0 Å². The summed E-state index contributed by atoms with van der Waals surface area (Å²) in [6.45, 7) is 0. The molecule has 4 heteroatoms. The fourth-order valence-electron chi connectivity index (χ4n) is 2.79. The molecule has 0 amide bonds. The van der Waals surface area contributed by atoms with E-state index in [-0.39, 0.29) is 11.9 Å². The van der Waals surface area contributed by atoms with Crippen LogP contribution in [-0.4, -0.2) is 6.21 Å². The van der Waals surface area contributed by atoms with Gasteiger partial charge in [-0.2, -0.15) is 5.10 Å². The molecule has 0 saturated heterocycles. The standard InChI is InChI=1S/C16H12FN3/c17-12-6-4-10(5-7-12)16-13-9-19-18-8-11-2-1-3-14(20-16)15(11)13/h1-9,16,19-20H. The molecule has 2 heterocycles. The van der Waals surface area contributed by atoms with Gasteiger partial charge in [-0.1, -0.05) is 24.3 Å². The molecule has 3 nitrogen and oxygen atoms in total. The fourth-order valence-corrected chi connectivity index (χ4v) is 2.79. The molecule has 0 bridgehead atoms. The highest BCUT2D eigenvalue weighted by atomic mass is 19.1. The van der Waals surface area contributed by atoms with Crippen molar-refractivity contribution in [3.63, 3.8) is 0 Å². The van der Waals surface area contributed by atoms with Crippen LogP contribution in [0.15, 0.2) is 53.8 Å². The van der Waals surface area contributed by atoms with Gasteiger partial charge < -0.3 is 5.32 Å². The summed E-state index contributed by atoms with van der Waals surface area (Å²) in [6.07, 6.45) is 3.72. The second-order valence-electron chi connectivity index (χ2n) is 4.89. The Morgan fingerprint density at radius 3 is 2.75 bits per heavy atom. The Morgan fingerprint density at radius 2 is 1.90 bits per heavy atom. The Balaban J connectivity index is 1.85. The van der Waals surface area contributed by atoms with Gasteiger partial charge in [0.25, 0.3) is 0 Å². The van der Waals surface area contributed by atoms with Crippen molar-refractivity contribution in [3.05, 3.63) is 71.2 Å².